The number of rotatable bonds is 9. The fourth-order valence-corrected chi connectivity index (χ4v) is 3.25. The van der Waals surface area contributed by atoms with E-state index in [2.05, 4.69) is 5.32 Å². The van der Waals surface area contributed by atoms with E-state index in [0.717, 1.165) is 0 Å². The molecule has 7 N–H and O–H groups in total. The van der Waals surface area contributed by atoms with Crippen LogP contribution in [0.2, 0.25) is 0 Å². The van der Waals surface area contributed by atoms with E-state index in [9.17, 15) is 24.3 Å². The summed E-state index contributed by atoms with van der Waals surface area (Å²) in [5.74, 6) is -7.50. The van der Waals surface area contributed by atoms with Crippen molar-refractivity contribution in [1.82, 2.24) is 5.32 Å². The van der Waals surface area contributed by atoms with Gasteiger partial charge in [-0.25, -0.2) is 0 Å². The van der Waals surface area contributed by atoms with Gasteiger partial charge in [0.05, 0.1) is 24.4 Å². The van der Waals surface area contributed by atoms with Gasteiger partial charge < -0.3 is 26.2 Å². The van der Waals surface area contributed by atoms with Crippen LogP contribution in [0.5, 0.6) is 0 Å². The molecule has 0 radical (unpaired) electrons. The average Bonchev–Trinajstić information content (AvgIpc) is 2.43. The molecule has 0 aromatic carbocycles. The molecule has 0 aliphatic heterocycles. The zero-order chi connectivity index (χ0) is 18.5. The summed E-state index contributed by atoms with van der Waals surface area (Å²) in [4.78, 5) is 44.5. The Bertz CT molecular complexity index is 523. The molecule has 24 heavy (non-hydrogen) atoms. The average molecular weight is 346 g/mol. The molecule has 4 atom stereocenters. The van der Waals surface area contributed by atoms with Gasteiger partial charge in [-0.2, -0.15) is 0 Å². The van der Waals surface area contributed by atoms with Crippen LogP contribution in [0.1, 0.15) is 38.5 Å². The van der Waals surface area contributed by atoms with Crippen LogP contribution in [0, 0.1) is 11.8 Å². The molecule has 0 amide bonds. The maximum absolute atomic E-state index is 11.5. The lowest BCUT2D eigenvalue weighted by molar-refractivity contribution is -0.153. The monoisotopic (exact) mass is 346 g/mol. The Labute approximate surface area is 137 Å². The maximum atomic E-state index is 11.5. The molecule has 0 heterocycles. The Morgan fingerprint density at radius 1 is 1.00 bits per heavy atom. The third kappa shape index (κ3) is 5.17. The predicted molar refractivity (Wildman–Crippen MR) is 79.1 cm³/mol. The van der Waals surface area contributed by atoms with E-state index in [0.29, 0.717) is 19.3 Å². The van der Waals surface area contributed by atoms with Gasteiger partial charge in [-0.15, -0.1) is 0 Å². The largest absolute Gasteiger partial charge is 0.481 e. The SMILES string of the molecule is N[C@]1(NC(CC(=O)O)C(=O)O)CCCC[C@@H]1C(CC(=O)O)C(=O)O. The van der Waals surface area contributed by atoms with E-state index in [4.69, 9.17) is 21.1 Å². The van der Waals surface area contributed by atoms with Gasteiger partial charge >= 0.3 is 23.9 Å². The summed E-state index contributed by atoms with van der Waals surface area (Å²) in [5.41, 5.74) is 4.75. The first-order chi connectivity index (χ1) is 11.1. The van der Waals surface area contributed by atoms with Gasteiger partial charge in [0.25, 0.3) is 0 Å². The fraction of sp³-hybridized carbons (Fsp3) is 0.714. The van der Waals surface area contributed by atoms with Crippen molar-refractivity contribution in [2.45, 2.75) is 50.2 Å². The highest BCUT2D eigenvalue weighted by Gasteiger charge is 2.47. The first-order valence-corrected chi connectivity index (χ1v) is 7.52. The number of carboxylic acids is 4. The molecule has 2 unspecified atom stereocenters. The number of hydrogen-bond donors (Lipinski definition) is 6. The van der Waals surface area contributed by atoms with Crippen molar-refractivity contribution in [1.29, 1.82) is 0 Å². The van der Waals surface area contributed by atoms with E-state index >= 15 is 0 Å². The van der Waals surface area contributed by atoms with Gasteiger partial charge in [0, 0.05) is 5.92 Å². The molecule has 1 fully saturated rings. The number of nitrogens with two attached hydrogens (primary N) is 1. The summed E-state index contributed by atoms with van der Waals surface area (Å²) in [5, 5.41) is 38.8. The van der Waals surface area contributed by atoms with Crippen molar-refractivity contribution < 1.29 is 39.6 Å². The Balaban J connectivity index is 3.08. The zero-order valence-corrected chi connectivity index (χ0v) is 13.0. The lowest BCUT2D eigenvalue weighted by atomic mass is 9.71. The Morgan fingerprint density at radius 2 is 1.58 bits per heavy atom. The third-order valence-electron chi connectivity index (χ3n) is 4.33. The molecule has 0 bridgehead atoms. The van der Waals surface area contributed by atoms with Crippen LogP contribution in [0.3, 0.4) is 0 Å². The molecule has 1 aliphatic rings. The molecule has 1 rings (SSSR count). The number of nitrogens with one attached hydrogen (secondary N) is 1. The highest BCUT2D eigenvalue weighted by Crippen LogP contribution is 2.37. The standard InChI is InChI=1S/C14H22N2O8/c15-14(16-9(13(23)24)6-11(19)20)4-2-1-3-8(14)7(12(21)22)5-10(17)18/h7-9,16H,1-6,15H2,(H,17,18)(H,19,20)(H,21,22)(H,23,24)/t7?,8-,9?,14+/m1/s1. The van der Waals surface area contributed by atoms with E-state index < -0.39 is 60.3 Å². The van der Waals surface area contributed by atoms with E-state index in [1.807, 2.05) is 0 Å². The molecule has 0 aromatic rings. The summed E-state index contributed by atoms with van der Waals surface area (Å²) < 4.78 is 0. The van der Waals surface area contributed by atoms with Gasteiger partial charge in [0.2, 0.25) is 0 Å². The van der Waals surface area contributed by atoms with Crippen molar-refractivity contribution in [3.05, 3.63) is 0 Å². The van der Waals surface area contributed by atoms with E-state index in [1.54, 1.807) is 0 Å². The topological polar surface area (TPSA) is 187 Å². The second-order valence-electron chi connectivity index (χ2n) is 6.07. The van der Waals surface area contributed by atoms with Crippen molar-refractivity contribution >= 4 is 23.9 Å². The van der Waals surface area contributed by atoms with Gasteiger partial charge in [-0.05, 0) is 12.8 Å². The third-order valence-corrected chi connectivity index (χ3v) is 4.33. The number of carboxylic acid groups (broad SMARTS) is 4. The second kappa shape index (κ2) is 8.06. The lowest BCUT2D eigenvalue weighted by Crippen LogP contribution is -2.66. The lowest BCUT2D eigenvalue weighted by Gasteiger charge is -2.45. The molecule has 136 valence electrons. The van der Waals surface area contributed by atoms with Crippen LogP contribution in [-0.2, 0) is 19.2 Å². The first kappa shape index (κ1) is 19.8. The smallest absolute Gasteiger partial charge is 0.321 e. The minimum Gasteiger partial charge on any atom is -0.481 e. The second-order valence-corrected chi connectivity index (χ2v) is 6.07. The first-order valence-electron chi connectivity index (χ1n) is 7.52. The minimum atomic E-state index is -1.49. The minimum absolute atomic E-state index is 0.227. The predicted octanol–water partition coefficient (Wildman–Crippen LogP) is -0.475. The molecular formula is C14H22N2O8. The molecule has 0 aromatic heterocycles. The van der Waals surface area contributed by atoms with Gasteiger partial charge in [0.1, 0.15) is 6.04 Å². The molecule has 10 heteroatoms. The highest BCUT2D eigenvalue weighted by molar-refractivity contribution is 5.81. The quantitative estimate of drug-likeness (QED) is 0.298. The molecule has 1 saturated carbocycles. The maximum Gasteiger partial charge on any atom is 0.321 e. The van der Waals surface area contributed by atoms with Crippen LogP contribution < -0.4 is 11.1 Å². The summed E-state index contributed by atoms with van der Waals surface area (Å²) >= 11 is 0. The Kier molecular flexibility index (Phi) is 6.67. The molecule has 0 saturated heterocycles. The van der Waals surface area contributed by atoms with Crippen LogP contribution in [-0.4, -0.2) is 56.0 Å². The number of carbonyl (C=O) groups is 4. The summed E-state index contributed by atoms with van der Waals surface area (Å²) in [7, 11) is 0. The van der Waals surface area contributed by atoms with Gasteiger partial charge in [-0.1, -0.05) is 12.8 Å². The molecular weight excluding hydrogens is 324 g/mol. The van der Waals surface area contributed by atoms with E-state index in [-0.39, 0.29) is 6.42 Å². The van der Waals surface area contributed by atoms with Crippen molar-refractivity contribution in [3.63, 3.8) is 0 Å². The Hall–Kier alpha value is -2.20. The summed E-state index contributed by atoms with van der Waals surface area (Å²) in [6.45, 7) is 0. The molecule has 1 aliphatic carbocycles. The summed E-state index contributed by atoms with van der Waals surface area (Å²) in [6.07, 6.45) is 0.400. The Morgan fingerprint density at radius 3 is 2.04 bits per heavy atom. The molecule has 0 spiro atoms. The van der Waals surface area contributed by atoms with Gasteiger partial charge in [-0.3, -0.25) is 24.5 Å². The van der Waals surface area contributed by atoms with Crippen molar-refractivity contribution in [2.75, 3.05) is 0 Å². The number of aliphatic carboxylic acids is 4. The zero-order valence-electron chi connectivity index (χ0n) is 13.0. The highest BCUT2D eigenvalue weighted by atomic mass is 16.4. The normalized spacial score (nSPS) is 26.3. The van der Waals surface area contributed by atoms with Crippen molar-refractivity contribution in [3.8, 4) is 0 Å². The van der Waals surface area contributed by atoms with Crippen LogP contribution in [0.25, 0.3) is 0 Å². The van der Waals surface area contributed by atoms with Crippen molar-refractivity contribution in [2.24, 2.45) is 17.6 Å². The van der Waals surface area contributed by atoms with Gasteiger partial charge in [0.15, 0.2) is 0 Å². The van der Waals surface area contributed by atoms with E-state index in [1.165, 1.54) is 0 Å². The van der Waals surface area contributed by atoms with Crippen LogP contribution in [0.15, 0.2) is 0 Å². The summed E-state index contributed by atoms with van der Waals surface area (Å²) in [6, 6.07) is -1.49. The molecule has 10 nitrogen and oxygen atoms in total. The number of hydrogen-bond acceptors (Lipinski definition) is 6. The van der Waals surface area contributed by atoms with Crippen LogP contribution >= 0.6 is 0 Å². The van der Waals surface area contributed by atoms with Crippen LogP contribution in [0.4, 0.5) is 0 Å². The fourth-order valence-electron chi connectivity index (χ4n) is 3.25.